The van der Waals surface area contributed by atoms with Gasteiger partial charge < -0.3 is 10.6 Å². The zero-order chi connectivity index (χ0) is 14.9. The van der Waals surface area contributed by atoms with Crippen LogP contribution in [0.2, 0.25) is 0 Å². The number of nitrogens with one attached hydrogen (secondary N) is 2. The summed E-state index contributed by atoms with van der Waals surface area (Å²) in [5.41, 5.74) is 3.35. The highest BCUT2D eigenvalue weighted by Crippen LogP contribution is 2.10. The van der Waals surface area contributed by atoms with Crippen LogP contribution in [0.4, 0.5) is 10.5 Å². The molecule has 0 unspecified atom stereocenters. The van der Waals surface area contributed by atoms with Crippen molar-refractivity contribution in [2.45, 2.75) is 26.2 Å². The van der Waals surface area contributed by atoms with Gasteiger partial charge in [0, 0.05) is 13.7 Å². The Morgan fingerprint density at radius 3 is 2.29 bits per heavy atom. The molecule has 0 radical (unpaired) electrons. The molecule has 0 bridgehead atoms. The van der Waals surface area contributed by atoms with Crippen LogP contribution in [-0.4, -0.2) is 12.6 Å². The van der Waals surface area contributed by atoms with E-state index in [4.69, 9.17) is 0 Å². The van der Waals surface area contributed by atoms with E-state index < -0.39 is 0 Å². The molecule has 0 aliphatic carbocycles. The van der Waals surface area contributed by atoms with Crippen molar-refractivity contribution in [3.05, 3.63) is 65.7 Å². The number of rotatable bonds is 6. The number of carbonyl (C=O) groups is 1. The van der Waals surface area contributed by atoms with Crippen LogP contribution in [0.3, 0.4) is 0 Å². The average molecular weight is 284 g/mol. The van der Waals surface area contributed by atoms with Crippen molar-refractivity contribution in [1.82, 2.24) is 5.32 Å². The van der Waals surface area contributed by atoms with Crippen molar-refractivity contribution >= 4 is 11.7 Å². The lowest BCUT2D eigenvalue weighted by Gasteiger charge is -2.08. The Labute approximate surface area is 127 Å². The highest BCUT2D eigenvalue weighted by atomic mass is 16.2. The number of urea groups is 1. The second kappa shape index (κ2) is 8.10. The van der Waals surface area contributed by atoms with E-state index in [0.29, 0.717) is 6.54 Å². The largest absolute Gasteiger partial charge is 0.338 e. The van der Waals surface area contributed by atoms with Crippen molar-refractivity contribution in [3.8, 4) is 0 Å². The minimum atomic E-state index is -0.158. The lowest BCUT2D eigenvalue weighted by molar-refractivity contribution is 0.252. The Bertz CT molecular complexity index is 555. The molecule has 2 aromatic rings. The van der Waals surface area contributed by atoms with E-state index in [1.54, 1.807) is 0 Å². The van der Waals surface area contributed by atoms with Crippen molar-refractivity contribution in [2.75, 3.05) is 11.9 Å². The number of amides is 2. The molecule has 3 heteroatoms. The number of benzene rings is 2. The number of anilines is 1. The van der Waals surface area contributed by atoms with Crippen molar-refractivity contribution in [1.29, 1.82) is 0 Å². The van der Waals surface area contributed by atoms with Crippen LogP contribution >= 0.6 is 0 Å². The van der Waals surface area contributed by atoms with Crippen LogP contribution in [0.15, 0.2) is 54.6 Å². The molecule has 2 rings (SSSR count). The smallest absolute Gasteiger partial charge is 0.319 e. The van der Waals surface area contributed by atoms with Gasteiger partial charge in [-0.25, -0.2) is 4.79 Å². The standard InChI is InChI=1S/C18H22N2O.H2/c1-2-6-15-9-11-17(12-10-15)20-18(21)19-14-13-16-7-4-3-5-8-16;/h3-5,7-12H,2,6,13-14H2,1H3,(H2,19,20,21);1H. The highest BCUT2D eigenvalue weighted by Gasteiger charge is 2.01. The van der Waals surface area contributed by atoms with Crippen LogP contribution in [0, 0.1) is 0 Å². The number of aryl methyl sites for hydroxylation is 1. The van der Waals surface area contributed by atoms with E-state index in [1.165, 1.54) is 11.1 Å². The molecule has 0 aliphatic heterocycles. The molecule has 0 saturated heterocycles. The van der Waals surface area contributed by atoms with Gasteiger partial charge in [-0.05, 0) is 36.1 Å². The molecule has 0 heterocycles. The second-order valence-electron chi connectivity index (χ2n) is 5.06. The summed E-state index contributed by atoms with van der Waals surface area (Å²) in [4.78, 5) is 11.8. The predicted molar refractivity (Wildman–Crippen MR) is 89.7 cm³/mol. The third kappa shape index (κ3) is 5.30. The molecule has 0 atom stereocenters. The Balaban J connectivity index is 0.00000242. The quantitative estimate of drug-likeness (QED) is 0.818. The summed E-state index contributed by atoms with van der Waals surface area (Å²) in [6, 6.07) is 18.0. The molecule has 3 nitrogen and oxygen atoms in total. The molecular weight excluding hydrogens is 260 g/mol. The maximum atomic E-state index is 11.8. The molecule has 0 fully saturated rings. The van der Waals surface area contributed by atoms with Gasteiger partial charge in [0.2, 0.25) is 0 Å². The summed E-state index contributed by atoms with van der Waals surface area (Å²) in [6.07, 6.45) is 3.04. The first-order valence-electron chi connectivity index (χ1n) is 7.45. The van der Waals surface area contributed by atoms with E-state index in [9.17, 15) is 4.79 Å². The lowest BCUT2D eigenvalue weighted by Crippen LogP contribution is -2.30. The van der Waals surface area contributed by atoms with Gasteiger partial charge in [0.25, 0.3) is 0 Å². The summed E-state index contributed by atoms with van der Waals surface area (Å²) < 4.78 is 0. The second-order valence-corrected chi connectivity index (χ2v) is 5.06. The predicted octanol–water partition coefficient (Wildman–Crippen LogP) is 4.25. The van der Waals surface area contributed by atoms with E-state index in [1.807, 2.05) is 30.3 Å². The highest BCUT2D eigenvalue weighted by molar-refractivity contribution is 5.89. The first kappa shape index (κ1) is 15.1. The Hall–Kier alpha value is -2.29. The van der Waals surface area contributed by atoms with Crippen molar-refractivity contribution < 1.29 is 6.22 Å². The Morgan fingerprint density at radius 2 is 1.62 bits per heavy atom. The van der Waals surface area contributed by atoms with Crippen molar-refractivity contribution in [2.24, 2.45) is 0 Å². The first-order chi connectivity index (χ1) is 10.3. The summed E-state index contributed by atoms with van der Waals surface area (Å²) in [5, 5.41) is 5.72. The SMILES string of the molecule is CCCc1ccc(NC(=O)NCCc2ccccc2)cc1.[HH]. The Morgan fingerprint density at radius 1 is 0.952 bits per heavy atom. The van der Waals surface area contributed by atoms with Crippen molar-refractivity contribution in [3.63, 3.8) is 0 Å². The molecule has 0 saturated carbocycles. The van der Waals surface area contributed by atoms with E-state index in [-0.39, 0.29) is 7.46 Å². The maximum absolute atomic E-state index is 11.8. The first-order valence-corrected chi connectivity index (χ1v) is 7.45. The number of hydrogen-bond donors (Lipinski definition) is 2. The zero-order valence-corrected chi connectivity index (χ0v) is 12.4. The average Bonchev–Trinajstić information content (AvgIpc) is 2.51. The van der Waals surface area contributed by atoms with Gasteiger partial charge in [0.15, 0.2) is 0 Å². The van der Waals surface area contributed by atoms with E-state index >= 15 is 0 Å². The summed E-state index contributed by atoms with van der Waals surface area (Å²) >= 11 is 0. The minimum absolute atomic E-state index is 0. The van der Waals surface area contributed by atoms with Crippen LogP contribution in [0.25, 0.3) is 0 Å². The third-order valence-corrected chi connectivity index (χ3v) is 3.29. The number of hydrogen-bond acceptors (Lipinski definition) is 1. The fourth-order valence-electron chi connectivity index (χ4n) is 2.18. The van der Waals surface area contributed by atoms with Gasteiger partial charge in [-0.1, -0.05) is 55.8 Å². The molecule has 2 amide bonds. The van der Waals surface area contributed by atoms with Gasteiger partial charge in [0.1, 0.15) is 0 Å². The third-order valence-electron chi connectivity index (χ3n) is 3.29. The van der Waals surface area contributed by atoms with Gasteiger partial charge >= 0.3 is 6.03 Å². The monoisotopic (exact) mass is 284 g/mol. The zero-order valence-electron chi connectivity index (χ0n) is 12.4. The van der Waals surface area contributed by atoms with Gasteiger partial charge in [-0.3, -0.25) is 0 Å². The van der Waals surface area contributed by atoms with Crippen LogP contribution in [0.5, 0.6) is 0 Å². The molecule has 0 aromatic heterocycles. The van der Waals surface area contributed by atoms with Gasteiger partial charge in [-0.2, -0.15) is 0 Å². The van der Waals surface area contributed by atoms with Crippen LogP contribution < -0.4 is 10.6 Å². The molecule has 0 aliphatic rings. The van der Waals surface area contributed by atoms with E-state index in [2.05, 4.69) is 41.8 Å². The number of carbonyl (C=O) groups excluding carboxylic acids is 1. The summed E-state index contributed by atoms with van der Waals surface area (Å²) in [5.74, 6) is 0. The van der Waals surface area contributed by atoms with Gasteiger partial charge in [-0.15, -0.1) is 0 Å². The molecule has 0 spiro atoms. The molecular formula is C18H24N2O. The maximum Gasteiger partial charge on any atom is 0.319 e. The van der Waals surface area contributed by atoms with Crippen LogP contribution in [-0.2, 0) is 12.8 Å². The fourth-order valence-corrected chi connectivity index (χ4v) is 2.18. The van der Waals surface area contributed by atoms with E-state index in [0.717, 1.165) is 24.9 Å². The summed E-state index contributed by atoms with van der Waals surface area (Å²) in [7, 11) is 0. The molecule has 2 aromatic carbocycles. The van der Waals surface area contributed by atoms with Crippen LogP contribution in [0.1, 0.15) is 25.9 Å². The minimum Gasteiger partial charge on any atom is -0.338 e. The fraction of sp³-hybridized carbons (Fsp3) is 0.278. The molecule has 21 heavy (non-hydrogen) atoms. The van der Waals surface area contributed by atoms with Gasteiger partial charge in [0.05, 0.1) is 0 Å². The molecule has 2 N–H and O–H groups in total. The topological polar surface area (TPSA) is 41.1 Å². The summed E-state index contributed by atoms with van der Waals surface area (Å²) in [6.45, 7) is 2.79. The lowest BCUT2D eigenvalue weighted by atomic mass is 10.1. The molecule has 112 valence electrons. The Kier molecular flexibility index (Phi) is 5.83. The normalized spacial score (nSPS) is 10.1.